The number of rotatable bonds is 6. The molecule has 0 radical (unpaired) electrons. The first-order valence-corrected chi connectivity index (χ1v) is 8.02. The fourth-order valence-corrected chi connectivity index (χ4v) is 2.74. The Labute approximate surface area is 136 Å². The van der Waals surface area contributed by atoms with Crippen LogP contribution < -0.4 is 11.1 Å². The SMILES string of the molecule is CC1CCN(CCCNC(=O)c2ccc(N)c([N+](=O)[O-])c2)CC1. The van der Waals surface area contributed by atoms with Gasteiger partial charge in [0.25, 0.3) is 11.6 Å². The Morgan fingerprint density at radius 3 is 2.78 bits per heavy atom. The number of nitrogens with one attached hydrogen (secondary N) is 1. The van der Waals surface area contributed by atoms with Crippen LogP contribution in [-0.4, -0.2) is 41.9 Å². The lowest BCUT2D eigenvalue weighted by Crippen LogP contribution is -2.35. The van der Waals surface area contributed by atoms with Crippen LogP contribution >= 0.6 is 0 Å². The molecule has 1 aliphatic rings. The third-order valence-electron chi connectivity index (χ3n) is 4.30. The highest BCUT2D eigenvalue weighted by molar-refractivity contribution is 5.95. The van der Waals surface area contributed by atoms with Crippen molar-refractivity contribution in [2.24, 2.45) is 5.92 Å². The van der Waals surface area contributed by atoms with Gasteiger partial charge in [-0.2, -0.15) is 0 Å². The summed E-state index contributed by atoms with van der Waals surface area (Å²) in [7, 11) is 0. The lowest BCUT2D eigenvalue weighted by Gasteiger charge is -2.30. The van der Waals surface area contributed by atoms with E-state index in [2.05, 4.69) is 17.1 Å². The second kappa shape index (κ2) is 7.92. The number of piperidine rings is 1. The fraction of sp³-hybridized carbons (Fsp3) is 0.562. The van der Waals surface area contributed by atoms with E-state index in [1.165, 1.54) is 31.0 Å². The highest BCUT2D eigenvalue weighted by atomic mass is 16.6. The smallest absolute Gasteiger partial charge is 0.292 e. The van der Waals surface area contributed by atoms with Crippen LogP contribution in [-0.2, 0) is 0 Å². The number of nitrogens with zero attached hydrogens (tertiary/aromatic N) is 2. The zero-order valence-corrected chi connectivity index (χ0v) is 13.5. The van der Waals surface area contributed by atoms with E-state index in [0.29, 0.717) is 6.54 Å². The monoisotopic (exact) mass is 320 g/mol. The summed E-state index contributed by atoms with van der Waals surface area (Å²) < 4.78 is 0. The topological polar surface area (TPSA) is 102 Å². The van der Waals surface area contributed by atoms with E-state index in [1.54, 1.807) is 0 Å². The standard InChI is InChI=1S/C16H24N4O3/c1-12-5-9-19(10-6-12)8-2-7-18-16(21)13-3-4-14(17)15(11-13)20(22)23/h3-4,11-12H,2,5-10,17H2,1H3,(H,18,21). The molecule has 0 saturated carbocycles. The minimum Gasteiger partial charge on any atom is -0.393 e. The van der Waals surface area contributed by atoms with Crippen molar-refractivity contribution >= 4 is 17.3 Å². The molecule has 0 atom stereocenters. The Morgan fingerprint density at radius 1 is 1.43 bits per heavy atom. The van der Waals surface area contributed by atoms with Gasteiger partial charge in [-0.15, -0.1) is 0 Å². The first kappa shape index (κ1) is 17.2. The normalized spacial score (nSPS) is 16.2. The number of nitro groups is 1. The molecule has 1 heterocycles. The lowest BCUT2D eigenvalue weighted by molar-refractivity contribution is -0.383. The summed E-state index contributed by atoms with van der Waals surface area (Å²) in [5, 5.41) is 13.6. The molecule has 1 aliphatic heterocycles. The lowest BCUT2D eigenvalue weighted by atomic mass is 9.99. The van der Waals surface area contributed by atoms with Crippen molar-refractivity contribution in [2.45, 2.75) is 26.2 Å². The molecule has 1 saturated heterocycles. The van der Waals surface area contributed by atoms with Gasteiger partial charge < -0.3 is 16.0 Å². The van der Waals surface area contributed by atoms with E-state index in [-0.39, 0.29) is 22.8 Å². The number of nitro benzene ring substituents is 1. The van der Waals surface area contributed by atoms with Crippen LogP contribution in [0.4, 0.5) is 11.4 Å². The Hall–Kier alpha value is -2.15. The second-order valence-corrected chi connectivity index (χ2v) is 6.16. The van der Waals surface area contributed by atoms with Gasteiger partial charge in [0, 0.05) is 18.2 Å². The average molecular weight is 320 g/mol. The molecule has 0 bridgehead atoms. The maximum atomic E-state index is 12.0. The molecule has 1 fully saturated rings. The van der Waals surface area contributed by atoms with Crippen molar-refractivity contribution in [3.63, 3.8) is 0 Å². The van der Waals surface area contributed by atoms with Crippen LogP contribution in [0.2, 0.25) is 0 Å². The number of carbonyl (C=O) groups is 1. The summed E-state index contributed by atoms with van der Waals surface area (Å²) in [6.45, 7) is 6.06. The molecule has 1 aromatic carbocycles. The van der Waals surface area contributed by atoms with Crippen LogP contribution in [0, 0.1) is 16.0 Å². The average Bonchev–Trinajstić information content (AvgIpc) is 2.53. The van der Waals surface area contributed by atoms with Crippen LogP contribution in [0.15, 0.2) is 18.2 Å². The van der Waals surface area contributed by atoms with E-state index in [9.17, 15) is 14.9 Å². The van der Waals surface area contributed by atoms with Crippen molar-refractivity contribution in [3.8, 4) is 0 Å². The fourth-order valence-electron chi connectivity index (χ4n) is 2.74. The Bertz CT molecular complexity index is 568. The molecule has 7 heteroatoms. The number of carbonyl (C=O) groups excluding carboxylic acids is 1. The van der Waals surface area contributed by atoms with Crippen LogP contribution in [0.3, 0.4) is 0 Å². The van der Waals surface area contributed by atoms with Crippen molar-refractivity contribution in [1.82, 2.24) is 10.2 Å². The van der Waals surface area contributed by atoms with Gasteiger partial charge in [0.2, 0.25) is 0 Å². The van der Waals surface area contributed by atoms with Gasteiger partial charge >= 0.3 is 0 Å². The zero-order chi connectivity index (χ0) is 16.8. The predicted octanol–water partition coefficient (Wildman–Crippen LogP) is 2.03. The molecule has 0 aromatic heterocycles. The molecule has 2 rings (SSSR count). The maximum Gasteiger partial charge on any atom is 0.292 e. The van der Waals surface area contributed by atoms with Crippen LogP contribution in [0.25, 0.3) is 0 Å². The quantitative estimate of drug-likeness (QED) is 0.361. The van der Waals surface area contributed by atoms with Crippen LogP contribution in [0.1, 0.15) is 36.5 Å². The van der Waals surface area contributed by atoms with Gasteiger partial charge in [0.15, 0.2) is 0 Å². The van der Waals surface area contributed by atoms with E-state index < -0.39 is 4.92 Å². The van der Waals surface area contributed by atoms with Crippen molar-refractivity contribution in [3.05, 3.63) is 33.9 Å². The van der Waals surface area contributed by atoms with Gasteiger partial charge in [-0.3, -0.25) is 14.9 Å². The molecule has 23 heavy (non-hydrogen) atoms. The first-order chi connectivity index (χ1) is 11.0. The number of amides is 1. The summed E-state index contributed by atoms with van der Waals surface area (Å²) in [5.74, 6) is 0.507. The number of benzene rings is 1. The van der Waals surface area contributed by atoms with E-state index in [4.69, 9.17) is 5.73 Å². The Balaban J connectivity index is 1.77. The number of hydrogen-bond acceptors (Lipinski definition) is 5. The molecule has 7 nitrogen and oxygen atoms in total. The number of nitrogens with two attached hydrogens (primary N) is 1. The zero-order valence-electron chi connectivity index (χ0n) is 13.5. The third kappa shape index (κ3) is 4.92. The Kier molecular flexibility index (Phi) is 5.92. The summed E-state index contributed by atoms with van der Waals surface area (Å²) in [4.78, 5) is 24.7. The number of nitrogen functional groups attached to an aromatic ring is 1. The van der Waals surface area contributed by atoms with E-state index in [0.717, 1.165) is 32.0 Å². The predicted molar refractivity (Wildman–Crippen MR) is 89.3 cm³/mol. The van der Waals surface area contributed by atoms with E-state index in [1.807, 2.05) is 0 Å². The maximum absolute atomic E-state index is 12.0. The van der Waals surface area contributed by atoms with Crippen molar-refractivity contribution in [1.29, 1.82) is 0 Å². The summed E-state index contributed by atoms with van der Waals surface area (Å²) >= 11 is 0. The molecular formula is C16H24N4O3. The Morgan fingerprint density at radius 2 is 2.13 bits per heavy atom. The molecule has 126 valence electrons. The number of likely N-dealkylation sites (tertiary alicyclic amines) is 1. The number of hydrogen-bond donors (Lipinski definition) is 2. The molecule has 0 spiro atoms. The first-order valence-electron chi connectivity index (χ1n) is 8.02. The van der Waals surface area contributed by atoms with Gasteiger partial charge in [-0.1, -0.05) is 6.92 Å². The largest absolute Gasteiger partial charge is 0.393 e. The molecule has 0 unspecified atom stereocenters. The number of anilines is 1. The molecule has 3 N–H and O–H groups in total. The van der Waals surface area contributed by atoms with Gasteiger partial charge in [-0.25, -0.2) is 0 Å². The minimum absolute atomic E-state index is 0.0610. The molecular weight excluding hydrogens is 296 g/mol. The van der Waals surface area contributed by atoms with Crippen molar-refractivity contribution < 1.29 is 9.72 Å². The second-order valence-electron chi connectivity index (χ2n) is 6.16. The third-order valence-corrected chi connectivity index (χ3v) is 4.30. The summed E-state index contributed by atoms with van der Waals surface area (Å²) in [6, 6.07) is 4.11. The van der Waals surface area contributed by atoms with Gasteiger partial charge in [-0.05, 0) is 56.9 Å². The van der Waals surface area contributed by atoms with Crippen LogP contribution in [0.5, 0.6) is 0 Å². The summed E-state index contributed by atoms with van der Waals surface area (Å²) in [6.07, 6.45) is 3.35. The molecule has 1 aromatic rings. The molecule has 1 amide bonds. The van der Waals surface area contributed by atoms with Gasteiger partial charge in [0.05, 0.1) is 4.92 Å². The van der Waals surface area contributed by atoms with E-state index >= 15 is 0 Å². The molecule has 0 aliphatic carbocycles. The minimum atomic E-state index is -0.580. The highest BCUT2D eigenvalue weighted by Gasteiger charge is 2.16. The van der Waals surface area contributed by atoms with Crippen molar-refractivity contribution in [2.75, 3.05) is 31.9 Å². The van der Waals surface area contributed by atoms with Gasteiger partial charge in [0.1, 0.15) is 5.69 Å². The highest BCUT2D eigenvalue weighted by Crippen LogP contribution is 2.22. The summed E-state index contributed by atoms with van der Waals surface area (Å²) in [5.41, 5.74) is 5.61.